The number of amides is 1. The second kappa shape index (κ2) is 5.58. The van der Waals surface area contributed by atoms with Gasteiger partial charge in [-0.1, -0.05) is 27.7 Å². The summed E-state index contributed by atoms with van der Waals surface area (Å²) in [6.45, 7) is 10.3. The van der Waals surface area contributed by atoms with Crippen LogP contribution in [0.15, 0.2) is 0 Å². The number of nitrogens with zero attached hydrogens (tertiary/aromatic N) is 1. The number of nitrogens with one attached hydrogen (secondary N) is 2. The molecule has 0 fully saturated rings. The van der Waals surface area contributed by atoms with E-state index in [1.54, 1.807) is 11.8 Å². The minimum atomic E-state index is 0.00202. The first-order chi connectivity index (χ1) is 7.83. The Morgan fingerprint density at radius 2 is 2.12 bits per heavy atom. The number of aryl methyl sites for hydroxylation is 1. The molecule has 5 heteroatoms. The summed E-state index contributed by atoms with van der Waals surface area (Å²) in [5.74, 6) is 1.11. The molecule has 2 N–H and O–H groups in total. The van der Waals surface area contributed by atoms with E-state index in [0.29, 0.717) is 11.6 Å². The Morgan fingerprint density at radius 1 is 1.47 bits per heavy atom. The molecule has 1 amide bonds. The lowest BCUT2D eigenvalue weighted by atomic mass is 10.2. The topological polar surface area (TPSA) is 57.8 Å². The van der Waals surface area contributed by atoms with Gasteiger partial charge in [-0.3, -0.25) is 9.89 Å². The third kappa shape index (κ3) is 4.42. The van der Waals surface area contributed by atoms with Crippen molar-refractivity contribution in [3.63, 3.8) is 0 Å². The van der Waals surface area contributed by atoms with Crippen LogP contribution in [0.25, 0.3) is 0 Å². The zero-order valence-electron chi connectivity index (χ0n) is 11.2. The first kappa shape index (κ1) is 14.1. The number of aromatic nitrogens is 2. The molecule has 0 aliphatic heterocycles. The largest absolute Gasteiger partial charge is 0.308 e. The highest BCUT2D eigenvalue weighted by Crippen LogP contribution is 2.23. The summed E-state index contributed by atoms with van der Waals surface area (Å²) in [7, 11) is 0. The van der Waals surface area contributed by atoms with Crippen molar-refractivity contribution in [2.75, 3.05) is 11.1 Å². The van der Waals surface area contributed by atoms with Crippen LogP contribution in [0.4, 0.5) is 5.82 Å². The number of carbonyl (C=O) groups excluding carboxylic acids is 1. The average Bonchev–Trinajstić information content (AvgIpc) is 2.56. The summed E-state index contributed by atoms with van der Waals surface area (Å²) in [5.41, 5.74) is 2.10. The minimum absolute atomic E-state index is 0.00202. The van der Waals surface area contributed by atoms with Crippen molar-refractivity contribution >= 4 is 23.5 Å². The first-order valence-corrected chi connectivity index (χ1v) is 6.79. The molecule has 1 heterocycles. The molecule has 0 unspecified atom stereocenters. The third-order valence-corrected chi connectivity index (χ3v) is 3.63. The third-order valence-electron chi connectivity index (χ3n) is 2.36. The SMILES string of the molecule is CCc1[nH]nc(NC(=O)CSC(C)(C)C)c1C. The highest BCUT2D eigenvalue weighted by atomic mass is 32.2. The van der Waals surface area contributed by atoms with Crippen molar-refractivity contribution in [1.29, 1.82) is 0 Å². The van der Waals surface area contributed by atoms with E-state index in [-0.39, 0.29) is 10.7 Å². The Balaban J connectivity index is 2.54. The van der Waals surface area contributed by atoms with Gasteiger partial charge in [-0.15, -0.1) is 11.8 Å². The minimum Gasteiger partial charge on any atom is -0.308 e. The standard InChI is InChI=1S/C12H21N3OS/c1-6-9-8(2)11(15-14-9)13-10(16)7-17-12(3,4)5/h6-7H2,1-5H3,(H2,13,14,15,16). The zero-order chi connectivity index (χ0) is 13.1. The Bertz CT molecular complexity index is 393. The molecule has 0 radical (unpaired) electrons. The molecule has 96 valence electrons. The zero-order valence-corrected chi connectivity index (χ0v) is 12.0. The molecule has 1 rings (SSSR count). The van der Waals surface area contributed by atoms with E-state index in [9.17, 15) is 4.79 Å². The van der Waals surface area contributed by atoms with E-state index in [1.165, 1.54) is 0 Å². The second-order valence-corrected chi connectivity index (χ2v) is 6.78. The predicted octanol–water partition coefficient (Wildman–Crippen LogP) is 2.75. The molecule has 0 spiro atoms. The molecule has 1 aromatic rings. The number of hydrogen-bond acceptors (Lipinski definition) is 3. The summed E-state index contributed by atoms with van der Waals surface area (Å²) in [4.78, 5) is 11.7. The van der Waals surface area contributed by atoms with Crippen LogP contribution >= 0.6 is 11.8 Å². The lowest BCUT2D eigenvalue weighted by molar-refractivity contribution is -0.113. The Labute approximate surface area is 107 Å². The van der Waals surface area contributed by atoms with Crippen LogP contribution in [0.5, 0.6) is 0 Å². The van der Waals surface area contributed by atoms with E-state index in [4.69, 9.17) is 0 Å². The highest BCUT2D eigenvalue weighted by molar-refractivity contribution is 8.01. The summed E-state index contributed by atoms with van der Waals surface area (Å²) in [6, 6.07) is 0. The number of H-pyrrole nitrogens is 1. The predicted molar refractivity (Wildman–Crippen MR) is 73.5 cm³/mol. The van der Waals surface area contributed by atoms with E-state index < -0.39 is 0 Å². The van der Waals surface area contributed by atoms with Gasteiger partial charge in [0, 0.05) is 16.0 Å². The number of rotatable bonds is 4. The van der Waals surface area contributed by atoms with E-state index in [0.717, 1.165) is 17.7 Å². The Hall–Kier alpha value is -0.970. The van der Waals surface area contributed by atoms with Crippen molar-refractivity contribution in [2.24, 2.45) is 0 Å². The number of carbonyl (C=O) groups is 1. The van der Waals surface area contributed by atoms with Gasteiger partial charge in [-0.2, -0.15) is 5.10 Å². The van der Waals surface area contributed by atoms with Gasteiger partial charge in [-0.05, 0) is 13.3 Å². The maximum atomic E-state index is 11.7. The van der Waals surface area contributed by atoms with Crippen LogP contribution < -0.4 is 5.32 Å². The monoisotopic (exact) mass is 255 g/mol. The first-order valence-electron chi connectivity index (χ1n) is 5.81. The molecule has 1 aromatic heterocycles. The molecular weight excluding hydrogens is 234 g/mol. The molecule has 4 nitrogen and oxygen atoms in total. The van der Waals surface area contributed by atoms with Crippen molar-refractivity contribution < 1.29 is 4.79 Å². The summed E-state index contributed by atoms with van der Waals surface area (Å²) < 4.78 is 0.104. The molecule has 0 aromatic carbocycles. The van der Waals surface area contributed by atoms with Crippen LogP contribution in [0.2, 0.25) is 0 Å². The van der Waals surface area contributed by atoms with Gasteiger partial charge in [0.1, 0.15) is 0 Å². The Kier molecular flexibility index (Phi) is 4.62. The van der Waals surface area contributed by atoms with Gasteiger partial charge >= 0.3 is 0 Å². The van der Waals surface area contributed by atoms with Crippen molar-refractivity contribution in [3.05, 3.63) is 11.3 Å². The number of anilines is 1. The van der Waals surface area contributed by atoms with Crippen molar-refractivity contribution in [1.82, 2.24) is 10.2 Å². The maximum Gasteiger partial charge on any atom is 0.235 e. The molecule has 0 bridgehead atoms. The fourth-order valence-electron chi connectivity index (χ4n) is 1.35. The molecular formula is C12H21N3OS. The average molecular weight is 255 g/mol. The summed E-state index contributed by atoms with van der Waals surface area (Å²) >= 11 is 1.63. The van der Waals surface area contributed by atoms with Crippen LogP contribution in [0, 0.1) is 6.92 Å². The van der Waals surface area contributed by atoms with Crippen LogP contribution in [-0.4, -0.2) is 26.6 Å². The van der Waals surface area contributed by atoms with Crippen LogP contribution in [-0.2, 0) is 11.2 Å². The fourth-order valence-corrected chi connectivity index (χ4v) is 1.99. The maximum absolute atomic E-state index is 11.7. The quantitative estimate of drug-likeness (QED) is 0.869. The summed E-state index contributed by atoms with van der Waals surface area (Å²) in [5, 5.41) is 9.87. The number of hydrogen-bond donors (Lipinski definition) is 2. The fraction of sp³-hybridized carbons (Fsp3) is 0.667. The Morgan fingerprint density at radius 3 is 2.59 bits per heavy atom. The highest BCUT2D eigenvalue weighted by Gasteiger charge is 2.15. The van der Waals surface area contributed by atoms with E-state index >= 15 is 0 Å². The van der Waals surface area contributed by atoms with Crippen LogP contribution in [0.1, 0.15) is 39.0 Å². The smallest absolute Gasteiger partial charge is 0.235 e. The molecule has 0 saturated carbocycles. The van der Waals surface area contributed by atoms with E-state index in [2.05, 4.69) is 43.2 Å². The van der Waals surface area contributed by atoms with Gasteiger partial charge in [0.15, 0.2) is 5.82 Å². The van der Waals surface area contributed by atoms with Gasteiger partial charge < -0.3 is 5.32 Å². The van der Waals surface area contributed by atoms with Crippen molar-refractivity contribution in [3.8, 4) is 0 Å². The number of thioether (sulfide) groups is 1. The summed E-state index contributed by atoms with van der Waals surface area (Å²) in [6.07, 6.45) is 0.894. The second-order valence-electron chi connectivity index (χ2n) is 4.98. The normalized spacial score (nSPS) is 11.6. The van der Waals surface area contributed by atoms with Gasteiger partial charge in [0.05, 0.1) is 5.75 Å². The molecule has 0 atom stereocenters. The van der Waals surface area contributed by atoms with Gasteiger partial charge in [0.25, 0.3) is 0 Å². The van der Waals surface area contributed by atoms with E-state index in [1.807, 2.05) is 6.92 Å². The van der Waals surface area contributed by atoms with Crippen LogP contribution in [0.3, 0.4) is 0 Å². The molecule has 0 aliphatic carbocycles. The molecule has 17 heavy (non-hydrogen) atoms. The van der Waals surface area contributed by atoms with Crippen molar-refractivity contribution in [2.45, 2.75) is 45.8 Å². The molecule has 0 aliphatic rings. The lowest BCUT2D eigenvalue weighted by Crippen LogP contribution is -2.19. The lowest BCUT2D eigenvalue weighted by Gasteiger charge is -2.16. The molecule has 0 saturated heterocycles. The van der Waals surface area contributed by atoms with Gasteiger partial charge in [0.2, 0.25) is 5.91 Å². The van der Waals surface area contributed by atoms with Gasteiger partial charge in [-0.25, -0.2) is 0 Å². The number of aromatic amines is 1.